The monoisotopic (exact) mass is 437 g/mol. The molecule has 2 saturated heterocycles. The van der Waals surface area contributed by atoms with Gasteiger partial charge in [0, 0.05) is 41.9 Å². The fourth-order valence-electron chi connectivity index (χ4n) is 3.78. The normalized spacial score (nSPS) is 20.9. The Bertz CT molecular complexity index is 929. The van der Waals surface area contributed by atoms with E-state index in [2.05, 4.69) is 9.80 Å². The number of carbonyl (C=O) groups is 2. The van der Waals surface area contributed by atoms with E-state index in [-0.39, 0.29) is 18.2 Å². The van der Waals surface area contributed by atoms with Crippen molar-refractivity contribution in [2.45, 2.75) is 12.5 Å². The van der Waals surface area contributed by atoms with Crippen LogP contribution in [-0.2, 0) is 9.59 Å². The van der Waals surface area contributed by atoms with E-state index >= 15 is 0 Å². The highest BCUT2D eigenvalue weighted by Gasteiger charge is 2.44. The first kappa shape index (κ1) is 19.5. The van der Waals surface area contributed by atoms with E-state index in [1.54, 1.807) is 12.1 Å². The minimum Gasteiger partial charge on any atom is -0.369 e. The van der Waals surface area contributed by atoms with Gasteiger partial charge in [0.2, 0.25) is 5.91 Å². The molecule has 0 saturated carbocycles. The van der Waals surface area contributed by atoms with Crippen molar-refractivity contribution in [3.63, 3.8) is 0 Å². The summed E-state index contributed by atoms with van der Waals surface area (Å²) in [5, 5.41) is 1.45. The second kappa shape index (κ2) is 7.91. The summed E-state index contributed by atoms with van der Waals surface area (Å²) in [6.07, 6.45) is 0.162. The van der Waals surface area contributed by atoms with E-state index in [0.717, 1.165) is 18.8 Å². The van der Waals surface area contributed by atoms with Gasteiger partial charge in [-0.15, -0.1) is 0 Å². The zero-order valence-corrected chi connectivity index (χ0v) is 17.2. The molecule has 2 fully saturated rings. The molecule has 2 amide bonds. The Labute approximate surface area is 178 Å². The highest BCUT2D eigenvalue weighted by molar-refractivity contribution is 6.38. The molecule has 2 aromatic rings. The van der Waals surface area contributed by atoms with Gasteiger partial charge in [-0.25, -0.2) is 4.90 Å². The lowest BCUT2D eigenvalue weighted by Gasteiger charge is -2.38. The third-order valence-corrected chi connectivity index (χ3v) is 5.97. The van der Waals surface area contributed by atoms with Gasteiger partial charge in [-0.2, -0.15) is 0 Å². The number of rotatable bonds is 3. The summed E-state index contributed by atoms with van der Waals surface area (Å²) >= 11 is 18.2. The average molecular weight is 439 g/mol. The maximum Gasteiger partial charge on any atom is 0.251 e. The van der Waals surface area contributed by atoms with Crippen LogP contribution in [0.3, 0.4) is 0 Å². The van der Waals surface area contributed by atoms with E-state index < -0.39 is 6.04 Å². The number of carbonyl (C=O) groups excluding carboxylic acids is 2. The van der Waals surface area contributed by atoms with Gasteiger partial charge in [0.25, 0.3) is 5.91 Å². The van der Waals surface area contributed by atoms with Crippen molar-refractivity contribution in [2.24, 2.45) is 0 Å². The lowest BCUT2D eigenvalue weighted by molar-refractivity contribution is -0.123. The van der Waals surface area contributed by atoms with Crippen molar-refractivity contribution in [2.75, 3.05) is 36.0 Å². The number of hydrogen-bond acceptors (Lipinski definition) is 4. The number of hydrogen-bond donors (Lipinski definition) is 0. The van der Waals surface area contributed by atoms with Gasteiger partial charge in [-0.05, 0) is 36.4 Å². The van der Waals surface area contributed by atoms with Crippen LogP contribution in [0.2, 0.25) is 15.1 Å². The average Bonchev–Trinajstić information content (AvgIpc) is 2.96. The maximum absolute atomic E-state index is 13.0. The molecule has 2 heterocycles. The van der Waals surface area contributed by atoms with Gasteiger partial charge in [-0.1, -0.05) is 40.9 Å². The van der Waals surface area contributed by atoms with Crippen LogP contribution in [0, 0.1) is 0 Å². The molecule has 0 spiro atoms. The van der Waals surface area contributed by atoms with Gasteiger partial charge in [0.1, 0.15) is 0 Å². The summed E-state index contributed by atoms with van der Waals surface area (Å²) in [5.41, 5.74) is 1.46. The van der Waals surface area contributed by atoms with Gasteiger partial charge in [0.05, 0.1) is 23.2 Å². The summed E-state index contributed by atoms with van der Waals surface area (Å²) in [5.74, 6) is -0.470. The molecule has 1 unspecified atom stereocenters. The number of halogens is 3. The summed E-state index contributed by atoms with van der Waals surface area (Å²) in [4.78, 5) is 31.0. The fraction of sp³-hybridized carbons (Fsp3) is 0.300. The molecule has 28 heavy (non-hydrogen) atoms. The molecule has 8 heteroatoms. The molecule has 2 aliphatic rings. The minimum atomic E-state index is -0.458. The Kier molecular flexibility index (Phi) is 5.52. The first-order valence-corrected chi connectivity index (χ1v) is 10.1. The van der Waals surface area contributed by atoms with Crippen LogP contribution >= 0.6 is 34.8 Å². The number of piperazine rings is 1. The number of amides is 2. The van der Waals surface area contributed by atoms with Crippen LogP contribution in [0.15, 0.2) is 42.5 Å². The summed E-state index contributed by atoms with van der Waals surface area (Å²) in [6, 6.07) is 12.1. The second-order valence-electron chi connectivity index (χ2n) is 6.89. The summed E-state index contributed by atoms with van der Waals surface area (Å²) in [7, 11) is 0. The molecule has 2 aliphatic heterocycles. The van der Waals surface area contributed by atoms with Crippen molar-refractivity contribution < 1.29 is 9.59 Å². The third-order valence-electron chi connectivity index (χ3n) is 5.20. The molecule has 4 rings (SSSR count). The zero-order valence-electron chi connectivity index (χ0n) is 14.9. The molecule has 5 nitrogen and oxygen atoms in total. The summed E-state index contributed by atoms with van der Waals surface area (Å²) in [6.45, 7) is 2.91. The second-order valence-corrected chi connectivity index (χ2v) is 8.17. The van der Waals surface area contributed by atoms with Crippen molar-refractivity contribution in [3.8, 4) is 0 Å². The van der Waals surface area contributed by atoms with Crippen LogP contribution in [0.25, 0.3) is 0 Å². The van der Waals surface area contributed by atoms with E-state index in [1.165, 1.54) is 11.0 Å². The highest BCUT2D eigenvalue weighted by atomic mass is 35.5. The molecule has 1 atom stereocenters. The van der Waals surface area contributed by atoms with E-state index in [1.807, 2.05) is 24.3 Å². The van der Waals surface area contributed by atoms with Crippen molar-refractivity contribution in [3.05, 3.63) is 57.5 Å². The Hall–Kier alpha value is -1.79. The minimum absolute atomic E-state index is 0.162. The standard InChI is InChI=1S/C20H18Cl3N3O2/c21-13-2-1-3-15(10-13)24-6-8-25(9-7-24)18-12-19(27)26(20(18)28)17-5-4-14(22)11-16(17)23/h1-5,10-11,18H,6-9,12H2. The van der Waals surface area contributed by atoms with Gasteiger partial charge >= 0.3 is 0 Å². The summed E-state index contributed by atoms with van der Waals surface area (Å²) < 4.78 is 0. The fourth-order valence-corrected chi connectivity index (χ4v) is 4.46. The predicted molar refractivity (Wildman–Crippen MR) is 113 cm³/mol. The molecule has 0 N–H and O–H groups in total. The Balaban J connectivity index is 1.46. The predicted octanol–water partition coefficient (Wildman–Crippen LogP) is 4.10. The molecule has 0 radical (unpaired) electrons. The SMILES string of the molecule is O=C1CC(N2CCN(c3cccc(Cl)c3)CC2)C(=O)N1c1ccc(Cl)cc1Cl. The van der Waals surface area contributed by atoms with Crippen LogP contribution < -0.4 is 9.80 Å². The zero-order chi connectivity index (χ0) is 19.8. The lowest BCUT2D eigenvalue weighted by Crippen LogP contribution is -2.52. The molecule has 0 aliphatic carbocycles. The smallest absolute Gasteiger partial charge is 0.251 e. The van der Waals surface area contributed by atoms with E-state index in [4.69, 9.17) is 34.8 Å². The number of benzene rings is 2. The Morgan fingerprint density at radius 3 is 2.25 bits per heavy atom. The van der Waals surface area contributed by atoms with Crippen molar-refractivity contribution >= 4 is 58.0 Å². The Morgan fingerprint density at radius 1 is 0.857 bits per heavy atom. The van der Waals surface area contributed by atoms with Crippen LogP contribution in [0.4, 0.5) is 11.4 Å². The van der Waals surface area contributed by atoms with Gasteiger partial charge in [0.15, 0.2) is 0 Å². The van der Waals surface area contributed by atoms with Crippen LogP contribution in [0.1, 0.15) is 6.42 Å². The van der Waals surface area contributed by atoms with Crippen LogP contribution in [-0.4, -0.2) is 48.9 Å². The van der Waals surface area contributed by atoms with Gasteiger partial charge in [-0.3, -0.25) is 14.5 Å². The number of nitrogens with zero attached hydrogens (tertiary/aromatic N) is 3. The van der Waals surface area contributed by atoms with Gasteiger partial charge < -0.3 is 4.90 Å². The third kappa shape index (κ3) is 3.72. The largest absolute Gasteiger partial charge is 0.369 e. The quantitative estimate of drug-likeness (QED) is 0.677. The number of anilines is 2. The topological polar surface area (TPSA) is 43.9 Å². The lowest BCUT2D eigenvalue weighted by atomic mass is 10.1. The maximum atomic E-state index is 13.0. The first-order chi connectivity index (χ1) is 13.4. The van der Waals surface area contributed by atoms with Crippen LogP contribution in [0.5, 0.6) is 0 Å². The molecular weight excluding hydrogens is 421 g/mol. The van der Waals surface area contributed by atoms with Crippen molar-refractivity contribution in [1.29, 1.82) is 0 Å². The molecule has 2 aromatic carbocycles. The Morgan fingerprint density at radius 2 is 1.57 bits per heavy atom. The molecule has 146 valence electrons. The molecule has 0 aromatic heterocycles. The molecular formula is C20H18Cl3N3O2. The van der Waals surface area contributed by atoms with Crippen molar-refractivity contribution in [1.82, 2.24) is 4.90 Å². The highest BCUT2D eigenvalue weighted by Crippen LogP contribution is 2.33. The first-order valence-electron chi connectivity index (χ1n) is 9.00. The van der Waals surface area contributed by atoms with E-state index in [9.17, 15) is 9.59 Å². The van der Waals surface area contributed by atoms with E-state index in [0.29, 0.717) is 33.8 Å². The molecule has 0 bridgehead atoms. The number of imide groups is 1.